The van der Waals surface area contributed by atoms with Crippen molar-refractivity contribution < 1.29 is 9.13 Å². The summed E-state index contributed by atoms with van der Waals surface area (Å²) in [6.07, 6.45) is 1.43. The van der Waals surface area contributed by atoms with Gasteiger partial charge in [0.05, 0.1) is 13.3 Å². The highest BCUT2D eigenvalue weighted by Crippen LogP contribution is 2.19. The molecule has 0 atom stereocenters. The third-order valence-corrected chi connectivity index (χ3v) is 1.91. The average Bonchev–Trinajstić information content (AvgIpc) is 2.65. The lowest BCUT2D eigenvalue weighted by Gasteiger charge is -2.04. The second-order valence-corrected chi connectivity index (χ2v) is 2.91. The number of aromatic nitrogens is 3. The molecule has 0 unspecified atom stereocenters. The maximum atomic E-state index is 13.4. The molecule has 0 saturated heterocycles. The molecule has 0 aliphatic carbocycles. The number of anilines is 1. The van der Waals surface area contributed by atoms with E-state index >= 15 is 0 Å². The van der Waals surface area contributed by atoms with Gasteiger partial charge < -0.3 is 10.5 Å². The standard InChI is InChI=1S/C9H9FN4O/c1-15-6-2-3-7(10)8(4-6)14-5-9(11)12-13-14/h2-5H,11H2,1H3. The molecule has 0 aliphatic rings. The van der Waals surface area contributed by atoms with Crippen LogP contribution in [0.4, 0.5) is 10.2 Å². The first-order chi connectivity index (χ1) is 7.20. The third-order valence-electron chi connectivity index (χ3n) is 1.91. The van der Waals surface area contributed by atoms with Crippen molar-refractivity contribution in [2.75, 3.05) is 12.8 Å². The predicted molar refractivity (Wildman–Crippen MR) is 52.3 cm³/mol. The molecule has 2 N–H and O–H groups in total. The van der Waals surface area contributed by atoms with E-state index in [1.165, 1.54) is 36.2 Å². The van der Waals surface area contributed by atoms with Gasteiger partial charge in [-0.1, -0.05) is 5.21 Å². The fourth-order valence-electron chi connectivity index (χ4n) is 1.19. The summed E-state index contributed by atoms with van der Waals surface area (Å²) >= 11 is 0. The zero-order chi connectivity index (χ0) is 10.8. The number of halogens is 1. The SMILES string of the molecule is COc1ccc(F)c(-n2cc(N)nn2)c1. The Labute approximate surface area is 85.3 Å². The summed E-state index contributed by atoms with van der Waals surface area (Å²) in [6, 6.07) is 4.34. The van der Waals surface area contributed by atoms with Gasteiger partial charge in [-0.3, -0.25) is 0 Å². The van der Waals surface area contributed by atoms with Gasteiger partial charge in [0.1, 0.15) is 17.3 Å². The van der Waals surface area contributed by atoms with Gasteiger partial charge in [0.15, 0.2) is 5.82 Å². The predicted octanol–water partition coefficient (Wildman–Crippen LogP) is 0.997. The van der Waals surface area contributed by atoms with E-state index in [-0.39, 0.29) is 11.5 Å². The van der Waals surface area contributed by atoms with Crippen molar-refractivity contribution >= 4 is 5.82 Å². The molecule has 2 aromatic rings. The maximum Gasteiger partial charge on any atom is 0.166 e. The van der Waals surface area contributed by atoms with Crippen LogP contribution < -0.4 is 10.5 Å². The highest BCUT2D eigenvalue weighted by molar-refractivity contribution is 5.41. The lowest BCUT2D eigenvalue weighted by molar-refractivity contribution is 0.413. The van der Waals surface area contributed by atoms with Gasteiger partial charge in [-0.05, 0) is 12.1 Å². The number of nitrogens with zero attached hydrogens (tertiary/aromatic N) is 3. The van der Waals surface area contributed by atoms with Gasteiger partial charge in [-0.2, -0.15) is 0 Å². The fourth-order valence-corrected chi connectivity index (χ4v) is 1.19. The lowest BCUT2D eigenvalue weighted by Crippen LogP contribution is -1.99. The van der Waals surface area contributed by atoms with Crippen LogP contribution in [0.15, 0.2) is 24.4 Å². The minimum absolute atomic E-state index is 0.234. The van der Waals surface area contributed by atoms with Crippen LogP contribution in [0.5, 0.6) is 5.75 Å². The number of methoxy groups -OCH3 is 1. The molecule has 0 spiro atoms. The molecule has 0 radical (unpaired) electrons. The Morgan fingerprint density at radius 3 is 2.87 bits per heavy atom. The molecule has 1 aromatic carbocycles. The van der Waals surface area contributed by atoms with Crippen LogP contribution >= 0.6 is 0 Å². The molecule has 15 heavy (non-hydrogen) atoms. The first-order valence-electron chi connectivity index (χ1n) is 4.22. The molecule has 1 aromatic heterocycles. The second-order valence-electron chi connectivity index (χ2n) is 2.91. The number of nitrogen functional groups attached to an aromatic ring is 1. The summed E-state index contributed by atoms with van der Waals surface area (Å²) in [7, 11) is 1.51. The molecule has 5 nitrogen and oxygen atoms in total. The van der Waals surface area contributed by atoms with E-state index in [2.05, 4.69) is 10.3 Å². The first kappa shape index (κ1) is 9.45. The largest absolute Gasteiger partial charge is 0.497 e. The normalized spacial score (nSPS) is 10.3. The Hall–Kier alpha value is -2.11. The van der Waals surface area contributed by atoms with Gasteiger partial charge in [0.25, 0.3) is 0 Å². The molecule has 2 rings (SSSR count). The van der Waals surface area contributed by atoms with Gasteiger partial charge in [-0.25, -0.2) is 9.07 Å². The molecule has 0 aliphatic heterocycles. The number of rotatable bonds is 2. The Morgan fingerprint density at radius 2 is 2.27 bits per heavy atom. The Morgan fingerprint density at radius 1 is 1.47 bits per heavy atom. The molecular weight excluding hydrogens is 199 g/mol. The van der Waals surface area contributed by atoms with Crippen LogP contribution in [0.2, 0.25) is 0 Å². The molecule has 1 heterocycles. The van der Waals surface area contributed by atoms with Crippen molar-refractivity contribution in [2.24, 2.45) is 0 Å². The van der Waals surface area contributed by atoms with Crippen LogP contribution in [-0.4, -0.2) is 22.1 Å². The van der Waals surface area contributed by atoms with Crippen LogP contribution in [0.25, 0.3) is 5.69 Å². The number of hydrogen-bond donors (Lipinski definition) is 1. The summed E-state index contributed by atoms with van der Waals surface area (Å²) in [6.45, 7) is 0. The van der Waals surface area contributed by atoms with E-state index in [9.17, 15) is 4.39 Å². The van der Waals surface area contributed by atoms with Gasteiger partial charge in [-0.15, -0.1) is 5.10 Å². The highest BCUT2D eigenvalue weighted by Gasteiger charge is 2.07. The maximum absolute atomic E-state index is 13.4. The van der Waals surface area contributed by atoms with E-state index in [0.29, 0.717) is 5.75 Å². The average molecular weight is 208 g/mol. The molecule has 78 valence electrons. The van der Waals surface area contributed by atoms with Crippen molar-refractivity contribution in [1.82, 2.24) is 15.0 Å². The van der Waals surface area contributed by atoms with Crippen LogP contribution in [0.1, 0.15) is 0 Å². The quantitative estimate of drug-likeness (QED) is 0.799. The number of benzene rings is 1. The van der Waals surface area contributed by atoms with E-state index in [4.69, 9.17) is 10.5 Å². The summed E-state index contributed by atoms with van der Waals surface area (Å²) in [5.41, 5.74) is 5.64. The molecule has 0 amide bonds. The summed E-state index contributed by atoms with van der Waals surface area (Å²) in [5, 5.41) is 7.24. The van der Waals surface area contributed by atoms with Gasteiger partial charge >= 0.3 is 0 Å². The third kappa shape index (κ3) is 1.74. The lowest BCUT2D eigenvalue weighted by atomic mass is 10.3. The van der Waals surface area contributed by atoms with Crippen molar-refractivity contribution in [3.8, 4) is 11.4 Å². The van der Waals surface area contributed by atoms with Crippen LogP contribution in [0, 0.1) is 5.82 Å². The van der Waals surface area contributed by atoms with E-state index < -0.39 is 5.82 Å². The molecule has 0 saturated carbocycles. The zero-order valence-electron chi connectivity index (χ0n) is 8.01. The molecule has 0 fully saturated rings. The summed E-state index contributed by atoms with van der Waals surface area (Å²) < 4.78 is 19.7. The Balaban J connectivity index is 2.51. The van der Waals surface area contributed by atoms with Gasteiger partial charge in [0, 0.05) is 6.07 Å². The van der Waals surface area contributed by atoms with Crippen molar-refractivity contribution in [2.45, 2.75) is 0 Å². The molecule has 6 heteroatoms. The minimum Gasteiger partial charge on any atom is -0.497 e. The first-order valence-corrected chi connectivity index (χ1v) is 4.22. The number of hydrogen-bond acceptors (Lipinski definition) is 4. The van der Waals surface area contributed by atoms with Crippen molar-refractivity contribution in [3.05, 3.63) is 30.2 Å². The highest BCUT2D eigenvalue weighted by atomic mass is 19.1. The van der Waals surface area contributed by atoms with Gasteiger partial charge in [0.2, 0.25) is 0 Å². The zero-order valence-corrected chi connectivity index (χ0v) is 8.01. The number of nitrogens with two attached hydrogens (primary N) is 1. The van der Waals surface area contributed by atoms with Crippen molar-refractivity contribution in [3.63, 3.8) is 0 Å². The smallest absolute Gasteiger partial charge is 0.166 e. The number of ether oxygens (including phenoxy) is 1. The fraction of sp³-hybridized carbons (Fsp3) is 0.111. The van der Waals surface area contributed by atoms with E-state index in [1.807, 2.05) is 0 Å². The van der Waals surface area contributed by atoms with Crippen LogP contribution in [-0.2, 0) is 0 Å². The van der Waals surface area contributed by atoms with E-state index in [0.717, 1.165) is 0 Å². The monoisotopic (exact) mass is 208 g/mol. The van der Waals surface area contributed by atoms with Crippen molar-refractivity contribution in [1.29, 1.82) is 0 Å². The Bertz CT molecular complexity index is 483. The Kier molecular flexibility index (Phi) is 2.24. The van der Waals surface area contributed by atoms with Crippen LogP contribution in [0.3, 0.4) is 0 Å². The topological polar surface area (TPSA) is 66.0 Å². The molecular formula is C9H9FN4O. The second kappa shape index (κ2) is 3.56. The summed E-state index contributed by atoms with van der Waals surface area (Å²) in [5.74, 6) is 0.360. The minimum atomic E-state index is -0.416. The molecule has 0 bridgehead atoms. The summed E-state index contributed by atoms with van der Waals surface area (Å²) in [4.78, 5) is 0. The van der Waals surface area contributed by atoms with E-state index in [1.54, 1.807) is 0 Å².